The molecule has 0 saturated carbocycles. The Hall–Kier alpha value is -0.930. The predicted molar refractivity (Wildman–Crippen MR) is 84.0 cm³/mol. The predicted octanol–water partition coefficient (Wildman–Crippen LogP) is 4.94. The first kappa shape index (κ1) is 13.5. The molecule has 2 rings (SSSR count). The average Bonchev–Trinajstić information content (AvgIpc) is 2.35. The van der Waals surface area contributed by atoms with Crippen molar-refractivity contribution in [3.05, 3.63) is 57.6 Å². The van der Waals surface area contributed by atoms with Gasteiger partial charge in [0, 0.05) is 20.8 Å². The molecule has 2 aromatic rings. The van der Waals surface area contributed by atoms with Crippen LogP contribution in [0.15, 0.2) is 45.8 Å². The van der Waals surface area contributed by atoms with E-state index in [1.54, 1.807) is 0 Å². The Kier molecular flexibility index (Phi) is 4.36. The second-order valence-electron chi connectivity index (χ2n) is 4.36. The first-order valence-corrected chi connectivity index (χ1v) is 7.58. The fraction of sp³-hybridized carbons (Fsp3) is 0.200. The highest BCUT2D eigenvalue weighted by molar-refractivity contribution is 9.10. The highest BCUT2D eigenvalue weighted by atomic mass is 79.9. The highest BCUT2D eigenvalue weighted by Gasteiger charge is 2.04. The first-order chi connectivity index (χ1) is 8.58. The summed E-state index contributed by atoms with van der Waals surface area (Å²) < 4.78 is 1.02. The third-order valence-corrected chi connectivity index (χ3v) is 4.99. The van der Waals surface area contributed by atoms with Gasteiger partial charge in [-0.3, -0.25) is 0 Å². The Morgan fingerprint density at radius 3 is 2.61 bits per heavy atom. The Bertz CT molecular complexity index is 566. The molecule has 0 aliphatic carbocycles. The summed E-state index contributed by atoms with van der Waals surface area (Å²) in [6, 6.07) is 12.6. The lowest BCUT2D eigenvalue weighted by Crippen LogP contribution is -1.91. The third kappa shape index (κ3) is 3.09. The molecule has 0 heterocycles. The smallest absolute Gasteiger partial charge is 0.0461 e. The minimum Gasteiger partial charge on any atom is -0.398 e. The van der Waals surface area contributed by atoms with Crippen LogP contribution in [0.2, 0.25) is 0 Å². The second kappa shape index (κ2) is 5.81. The topological polar surface area (TPSA) is 26.0 Å². The fourth-order valence-corrected chi connectivity index (χ4v) is 3.25. The Labute approximate surface area is 121 Å². The lowest BCUT2D eigenvalue weighted by atomic mass is 10.1. The summed E-state index contributed by atoms with van der Waals surface area (Å²) in [7, 11) is 0. The summed E-state index contributed by atoms with van der Waals surface area (Å²) in [5, 5.41) is 0. The zero-order valence-corrected chi connectivity index (χ0v) is 12.9. The number of thioether (sulfide) groups is 1. The summed E-state index contributed by atoms with van der Waals surface area (Å²) >= 11 is 5.38. The van der Waals surface area contributed by atoms with E-state index in [0.717, 1.165) is 15.9 Å². The molecule has 3 heteroatoms. The van der Waals surface area contributed by atoms with Gasteiger partial charge in [-0.15, -0.1) is 11.8 Å². The molecule has 1 nitrogen and oxygen atoms in total. The molecule has 0 fully saturated rings. The van der Waals surface area contributed by atoms with E-state index in [9.17, 15) is 0 Å². The zero-order valence-electron chi connectivity index (χ0n) is 10.5. The normalized spacial score (nSPS) is 10.6. The van der Waals surface area contributed by atoms with Gasteiger partial charge in [-0.25, -0.2) is 0 Å². The average molecular weight is 322 g/mol. The van der Waals surface area contributed by atoms with Crippen LogP contribution < -0.4 is 5.73 Å². The SMILES string of the molecule is Cc1ccc(SCc2cccc(N)c2Br)cc1C. The van der Waals surface area contributed by atoms with Gasteiger partial charge in [-0.05, 0) is 64.7 Å². The maximum Gasteiger partial charge on any atom is 0.0461 e. The number of nitrogen functional groups attached to an aromatic ring is 1. The summed E-state index contributed by atoms with van der Waals surface area (Å²) in [6.07, 6.45) is 0. The number of hydrogen-bond acceptors (Lipinski definition) is 2. The molecule has 94 valence electrons. The summed E-state index contributed by atoms with van der Waals surface area (Å²) in [4.78, 5) is 1.30. The summed E-state index contributed by atoms with van der Waals surface area (Å²) in [5.41, 5.74) is 10.6. The Morgan fingerprint density at radius 2 is 1.89 bits per heavy atom. The minimum absolute atomic E-state index is 0.799. The molecule has 0 aromatic heterocycles. The van der Waals surface area contributed by atoms with Gasteiger partial charge in [-0.2, -0.15) is 0 Å². The fourth-order valence-electron chi connectivity index (χ4n) is 1.68. The van der Waals surface area contributed by atoms with Crippen LogP contribution in [0.25, 0.3) is 0 Å². The molecule has 0 aliphatic rings. The molecule has 0 amide bonds. The monoisotopic (exact) mass is 321 g/mol. The van der Waals surface area contributed by atoms with Crippen LogP contribution in [0.5, 0.6) is 0 Å². The molecule has 0 atom stereocenters. The van der Waals surface area contributed by atoms with Gasteiger partial charge in [0.25, 0.3) is 0 Å². The summed E-state index contributed by atoms with van der Waals surface area (Å²) in [5.74, 6) is 0.925. The van der Waals surface area contributed by atoms with Crippen molar-refractivity contribution in [3.63, 3.8) is 0 Å². The molecule has 2 aromatic carbocycles. The van der Waals surface area contributed by atoms with Crippen LogP contribution in [-0.4, -0.2) is 0 Å². The van der Waals surface area contributed by atoms with Crippen molar-refractivity contribution in [3.8, 4) is 0 Å². The van der Waals surface area contributed by atoms with Crippen molar-refractivity contribution >= 4 is 33.4 Å². The van der Waals surface area contributed by atoms with Crippen LogP contribution in [0.4, 0.5) is 5.69 Å². The van der Waals surface area contributed by atoms with Crippen molar-refractivity contribution in [1.82, 2.24) is 0 Å². The minimum atomic E-state index is 0.799. The highest BCUT2D eigenvalue weighted by Crippen LogP contribution is 2.30. The number of anilines is 1. The zero-order chi connectivity index (χ0) is 13.1. The number of halogens is 1. The van der Waals surface area contributed by atoms with E-state index in [1.807, 2.05) is 23.9 Å². The van der Waals surface area contributed by atoms with Gasteiger partial charge in [0.15, 0.2) is 0 Å². The van der Waals surface area contributed by atoms with Gasteiger partial charge >= 0.3 is 0 Å². The third-order valence-electron chi connectivity index (χ3n) is 2.98. The molecule has 0 spiro atoms. The molecule has 0 aliphatic heterocycles. The van der Waals surface area contributed by atoms with Crippen LogP contribution in [0.3, 0.4) is 0 Å². The first-order valence-electron chi connectivity index (χ1n) is 5.81. The van der Waals surface area contributed by atoms with Gasteiger partial charge in [0.1, 0.15) is 0 Å². The van der Waals surface area contributed by atoms with E-state index in [4.69, 9.17) is 5.73 Å². The second-order valence-corrected chi connectivity index (χ2v) is 6.20. The van der Waals surface area contributed by atoms with Gasteiger partial charge in [0.05, 0.1) is 0 Å². The molecular formula is C15H16BrNS. The van der Waals surface area contributed by atoms with E-state index >= 15 is 0 Å². The Balaban J connectivity index is 2.11. The van der Waals surface area contributed by atoms with Crippen LogP contribution in [0, 0.1) is 13.8 Å². The van der Waals surface area contributed by atoms with Crippen LogP contribution >= 0.6 is 27.7 Å². The van der Waals surface area contributed by atoms with Crippen molar-refractivity contribution < 1.29 is 0 Å². The van der Waals surface area contributed by atoms with E-state index in [0.29, 0.717) is 0 Å². The van der Waals surface area contributed by atoms with Crippen LogP contribution in [-0.2, 0) is 5.75 Å². The molecule has 0 bridgehead atoms. The quantitative estimate of drug-likeness (QED) is 0.640. The summed E-state index contributed by atoms with van der Waals surface area (Å²) in [6.45, 7) is 4.29. The molecule has 2 N–H and O–H groups in total. The van der Waals surface area contributed by atoms with E-state index in [-0.39, 0.29) is 0 Å². The standard InChI is InChI=1S/C15H16BrNS/c1-10-6-7-13(8-11(10)2)18-9-12-4-3-5-14(17)15(12)16/h3-8H,9,17H2,1-2H3. The maximum absolute atomic E-state index is 5.88. The lowest BCUT2D eigenvalue weighted by molar-refractivity contribution is 1.27. The number of benzene rings is 2. The molecule has 0 unspecified atom stereocenters. The van der Waals surface area contributed by atoms with Crippen molar-refractivity contribution in [2.45, 2.75) is 24.5 Å². The van der Waals surface area contributed by atoms with Crippen LogP contribution in [0.1, 0.15) is 16.7 Å². The number of aryl methyl sites for hydroxylation is 2. The van der Waals surface area contributed by atoms with Crippen molar-refractivity contribution in [2.75, 3.05) is 5.73 Å². The molecule has 0 saturated heterocycles. The van der Waals surface area contributed by atoms with Crippen molar-refractivity contribution in [2.24, 2.45) is 0 Å². The van der Waals surface area contributed by atoms with Gasteiger partial charge < -0.3 is 5.73 Å². The molecule has 0 radical (unpaired) electrons. The number of rotatable bonds is 3. The molecular weight excluding hydrogens is 306 g/mol. The molecule has 18 heavy (non-hydrogen) atoms. The largest absolute Gasteiger partial charge is 0.398 e. The van der Waals surface area contributed by atoms with Gasteiger partial charge in [-0.1, -0.05) is 18.2 Å². The number of hydrogen-bond donors (Lipinski definition) is 1. The number of nitrogens with two attached hydrogens (primary N) is 1. The van der Waals surface area contributed by atoms with E-state index in [1.165, 1.54) is 21.6 Å². The van der Waals surface area contributed by atoms with E-state index < -0.39 is 0 Å². The van der Waals surface area contributed by atoms with Crippen molar-refractivity contribution in [1.29, 1.82) is 0 Å². The van der Waals surface area contributed by atoms with Gasteiger partial charge in [0.2, 0.25) is 0 Å². The lowest BCUT2D eigenvalue weighted by Gasteiger charge is -2.08. The Morgan fingerprint density at radius 1 is 1.11 bits per heavy atom. The maximum atomic E-state index is 5.88. The van der Waals surface area contributed by atoms with E-state index in [2.05, 4.69) is 54.0 Å².